The van der Waals surface area contributed by atoms with Crippen LogP contribution in [0.25, 0.3) is 0 Å². The molecule has 106 valence electrons. The molecule has 0 bridgehead atoms. The lowest BCUT2D eigenvalue weighted by Gasteiger charge is -2.06. The quantitative estimate of drug-likeness (QED) is 0.401. The molecule has 0 aliphatic heterocycles. The summed E-state index contributed by atoms with van der Waals surface area (Å²) in [6.45, 7) is 0. The fourth-order valence-corrected chi connectivity index (χ4v) is 1.60. The third kappa shape index (κ3) is 5.19. The van der Waals surface area contributed by atoms with E-state index in [1.54, 1.807) is 0 Å². The van der Waals surface area contributed by atoms with Gasteiger partial charge in [0.15, 0.2) is 0 Å². The zero-order chi connectivity index (χ0) is 15.2. The van der Waals surface area contributed by atoms with Crippen molar-refractivity contribution in [3.05, 3.63) is 24.3 Å². The maximum atomic E-state index is 12.1. The Kier molecular flexibility index (Phi) is 5.40. The highest BCUT2D eigenvalue weighted by molar-refractivity contribution is 8.00. The van der Waals surface area contributed by atoms with E-state index in [0.717, 1.165) is 7.11 Å². The number of nitrogens with one attached hydrogen (secondary N) is 1. The summed E-state index contributed by atoms with van der Waals surface area (Å²) in [7, 11) is 1.10. The second kappa shape index (κ2) is 6.81. The van der Waals surface area contributed by atoms with Gasteiger partial charge in [-0.1, -0.05) is 0 Å². The highest BCUT2D eigenvalue weighted by atomic mass is 32.2. The van der Waals surface area contributed by atoms with E-state index in [0.29, 0.717) is 5.69 Å². The van der Waals surface area contributed by atoms with Crippen molar-refractivity contribution in [2.45, 2.75) is 10.4 Å². The molecule has 0 aliphatic carbocycles. The smallest absolute Gasteiger partial charge is 0.446 e. The number of hydrogen-bond acceptors (Lipinski definition) is 6. The minimum Gasteiger partial charge on any atom is -0.464 e. The second-order valence-electron chi connectivity index (χ2n) is 3.25. The van der Waals surface area contributed by atoms with E-state index < -0.39 is 17.2 Å². The van der Waals surface area contributed by atoms with Crippen molar-refractivity contribution < 1.29 is 22.7 Å². The van der Waals surface area contributed by atoms with Gasteiger partial charge >= 0.3 is 11.5 Å². The summed E-state index contributed by atoms with van der Waals surface area (Å²) in [6.07, 6.45) is 0. The van der Waals surface area contributed by atoms with Crippen LogP contribution in [0, 0.1) is 11.3 Å². The Bertz CT molecular complexity index is 550. The molecule has 1 aromatic carbocycles. The Morgan fingerprint density at radius 1 is 1.40 bits per heavy atom. The number of hydrogen-bond donors (Lipinski definition) is 1. The lowest BCUT2D eigenvalue weighted by molar-refractivity contribution is -0.132. The molecule has 0 atom stereocenters. The van der Waals surface area contributed by atoms with Crippen LogP contribution in [0.2, 0.25) is 0 Å². The number of nitrogens with zero attached hydrogens (tertiary/aromatic N) is 2. The molecular formula is C11H8F3N3O2S. The Labute approximate surface area is 116 Å². The maximum Gasteiger partial charge on any atom is 0.446 e. The van der Waals surface area contributed by atoms with Crippen molar-refractivity contribution in [3.8, 4) is 6.07 Å². The van der Waals surface area contributed by atoms with Crippen molar-refractivity contribution in [1.82, 2.24) is 0 Å². The standard InChI is InChI=1S/C11H8F3N3O2S/c1-19-10(18)9(6-15)17-16-7-2-4-8(5-3-7)20-11(12,13)14/h2-5,16H,1H3/b17-9+. The first-order chi connectivity index (χ1) is 9.35. The number of benzene rings is 1. The molecule has 0 amide bonds. The Balaban J connectivity index is 2.73. The first-order valence-corrected chi connectivity index (χ1v) is 5.85. The van der Waals surface area contributed by atoms with E-state index in [1.807, 2.05) is 0 Å². The van der Waals surface area contributed by atoms with E-state index in [1.165, 1.54) is 30.3 Å². The number of hydrazone groups is 1. The van der Waals surface area contributed by atoms with Crippen molar-refractivity contribution >= 4 is 29.1 Å². The van der Waals surface area contributed by atoms with E-state index in [-0.39, 0.29) is 16.7 Å². The molecule has 0 fully saturated rings. The third-order valence-corrected chi connectivity index (χ3v) is 2.61. The molecule has 0 saturated carbocycles. The van der Waals surface area contributed by atoms with Crippen LogP contribution in [-0.2, 0) is 9.53 Å². The number of ether oxygens (including phenoxy) is 1. The monoisotopic (exact) mass is 303 g/mol. The number of halogens is 3. The van der Waals surface area contributed by atoms with Crippen LogP contribution < -0.4 is 5.43 Å². The number of nitriles is 1. The fraction of sp³-hybridized carbons (Fsp3) is 0.182. The van der Waals surface area contributed by atoms with E-state index in [2.05, 4.69) is 15.3 Å². The second-order valence-corrected chi connectivity index (χ2v) is 4.39. The molecular weight excluding hydrogens is 295 g/mol. The van der Waals surface area contributed by atoms with Gasteiger partial charge in [0.2, 0.25) is 5.71 Å². The highest BCUT2D eigenvalue weighted by Crippen LogP contribution is 2.36. The normalized spacial score (nSPS) is 11.7. The Morgan fingerprint density at radius 2 is 2.00 bits per heavy atom. The van der Waals surface area contributed by atoms with Crippen LogP contribution in [-0.4, -0.2) is 24.3 Å². The minimum absolute atomic E-state index is 0.0144. The summed E-state index contributed by atoms with van der Waals surface area (Å²) < 4.78 is 40.6. The van der Waals surface area contributed by atoms with Crippen LogP contribution in [0.4, 0.5) is 18.9 Å². The van der Waals surface area contributed by atoms with Crippen LogP contribution >= 0.6 is 11.8 Å². The van der Waals surface area contributed by atoms with Crippen molar-refractivity contribution in [1.29, 1.82) is 5.26 Å². The highest BCUT2D eigenvalue weighted by Gasteiger charge is 2.28. The van der Waals surface area contributed by atoms with E-state index in [9.17, 15) is 18.0 Å². The zero-order valence-electron chi connectivity index (χ0n) is 10.1. The predicted octanol–water partition coefficient (Wildman–Crippen LogP) is 2.76. The molecule has 0 spiro atoms. The number of alkyl halides is 3. The molecule has 5 nitrogen and oxygen atoms in total. The van der Waals surface area contributed by atoms with Gasteiger partial charge in [0.25, 0.3) is 0 Å². The van der Waals surface area contributed by atoms with E-state index in [4.69, 9.17) is 5.26 Å². The van der Waals surface area contributed by atoms with Crippen LogP contribution in [0.5, 0.6) is 0 Å². The molecule has 0 radical (unpaired) electrons. The first kappa shape index (κ1) is 15.8. The van der Waals surface area contributed by atoms with Gasteiger partial charge in [0.05, 0.1) is 12.8 Å². The number of anilines is 1. The van der Waals surface area contributed by atoms with Gasteiger partial charge in [-0.05, 0) is 36.0 Å². The summed E-state index contributed by atoms with van der Waals surface area (Å²) in [5, 5.41) is 12.1. The maximum absolute atomic E-state index is 12.1. The number of thioether (sulfide) groups is 1. The molecule has 0 aromatic heterocycles. The summed E-state index contributed by atoms with van der Waals surface area (Å²) in [5.41, 5.74) is -2.15. The largest absolute Gasteiger partial charge is 0.464 e. The molecule has 1 rings (SSSR count). The fourth-order valence-electron chi connectivity index (χ4n) is 1.06. The van der Waals surface area contributed by atoms with Crippen molar-refractivity contribution in [3.63, 3.8) is 0 Å². The van der Waals surface area contributed by atoms with Gasteiger partial charge < -0.3 is 4.74 Å². The number of rotatable bonds is 4. The molecule has 9 heteroatoms. The van der Waals surface area contributed by atoms with Gasteiger partial charge in [-0.2, -0.15) is 23.5 Å². The number of esters is 1. The van der Waals surface area contributed by atoms with Gasteiger partial charge in [-0.25, -0.2) is 4.79 Å². The van der Waals surface area contributed by atoms with Crippen LogP contribution in [0.1, 0.15) is 0 Å². The van der Waals surface area contributed by atoms with Crippen molar-refractivity contribution in [2.75, 3.05) is 12.5 Å². The van der Waals surface area contributed by atoms with Crippen LogP contribution in [0.3, 0.4) is 0 Å². The number of methoxy groups -OCH3 is 1. The van der Waals surface area contributed by atoms with Gasteiger partial charge in [0, 0.05) is 4.90 Å². The molecule has 1 N–H and O–H groups in total. The number of carbonyl (C=O) groups is 1. The SMILES string of the molecule is COC(=O)/C(C#N)=N/Nc1ccc(SC(F)(F)F)cc1. The molecule has 0 heterocycles. The van der Waals surface area contributed by atoms with Gasteiger partial charge in [-0.3, -0.25) is 5.43 Å². The summed E-state index contributed by atoms with van der Waals surface area (Å²) in [5.74, 6) is -0.913. The summed E-state index contributed by atoms with van der Waals surface area (Å²) >= 11 is -0.243. The van der Waals surface area contributed by atoms with Crippen molar-refractivity contribution in [2.24, 2.45) is 5.10 Å². The zero-order valence-corrected chi connectivity index (χ0v) is 10.9. The topological polar surface area (TPSA) is 74.5 Å². The third-order valence-electron chi connectivity index (χ3n) is 1.87. The predicted molar refractivity (Wildman–Crippen MR) is 67.0 cm³/mol. The average molecular weight is 303 g/mol. The Hall–Kier alpha value is -2.21. The van der Waals surface area contributed by atoms with Gasteiger partial charge in [0.1, 0.15) is 6.07 Å². The minimum atomic E-state index is -4.36. The van der Waals surface area contributed by atoms with Gasteiger partial charge in [-0.15, -0.1) is 0 Å². The summed E-state index contributed by atoms with van der Waals surface area (Å²) in [6, 6.07) is 6.67. The lowest BCUT2D eigenvalue weighted by Crippen LogP contribution is -2.15. The molecule has 0 saturated heterocycles. The number of carbonyl (C=O) groups excluding carboxylic acids is 1. The lowest BCUT2D eigenvalue weighted by atomic mass is 10.3. The first-order valence-electron chi connectivity index (χ1n) is 5.03. The average Bonchev–Trinajstić information content (AvgIpc) is 2.39. The summed E-state index contributed by atoms with van der Waals surface area (Å²) in [4.78, 5) is 11.0. The van der Waals surface area contributed by atoms with Crippen LogP contribution in [0.15, 0.2) is 34.3 Å². The molecule has 1 aromatic rings. The molecule has 20 heavy (non-hydrogen) atoms. The molecule has 0 aliphatic rings. The Morgan fingerprint density at radius 3 is 2.45 bits per heavy atom. The molecule has 0 unspecified atom stereocenters. The van der Waals surface area contributed by atoms with E-state index >= 15 is 0 Å².